The van der Waals surface area contributed by atoms with E-state index < -0.39 is 12.7 Å². The first-order chi connectivity index (χ1) is 10.9. The summed E-state index contributed by atoms with van der Waals surface area (Å²) in [6.45, 7) is 6.72. The summed E-state index contributed by atoms with van der Waals surface area (Å²) in [4.78, 5) is 16.3. The third kappa shape index (κ3) is 9.91. The minimum atomic E-state index is -2.54. The van der Waals surface area contributed by atoms with Crippen LogP contribution < -0.4 is 5.32 Å². The Bertz CT molecular complexity index is 416. The lowest BCUT2D eigenvalue weighted by atomic mass is 10.5. The molecule has 0 aliphatic carbocycles. The summed E-state index contributed by atoms with van der Waals surface area (Å²) in [5, 5.41) is 6.95. The average molecular weight is 404 g/mol. The molecule has 0 unspecified atom stereocenters. The molecular weight excluding hydrogens is 377 g/mol. The number of nitrogens with zero attached hydrogens (tertiary/aromatic N) is 2. The van der Waals surface area contributed by atoms with Gasteiger partial charge in [-0.1, -0.05) is 12.1 Å². The van der Waals surface area contributed by atoms with Gasteiger partial charge < -0.3 is 14.4 Å². The van der Waals surface area contributed by atoms with Crippen molar-refractivity contribution in [2.75, 3.05) is 31.9 Å². The van der Waals surface area contributed by atoms with Crippen molar-refractivity contribution in [3.05, 3.63) is 0 Å². The van der Waals surface area contributed by atoms with Crippen LogP contribution in [0.4, 0.5) is 4.79 Å². The molecule has 0 fully saturated rings. The lowest BCUT2D eigenvalue weighted by Crippen LogP contribution is -2.26. The Kier molecular flexibility index (Phi) is 13.6. The van der Waals surface area contributed by atoms with Crippen molar-refractivity contribution in [1.29, 1.82) is 0 Å². The molecule has 0 heterocycles. The van der Waals surface area contributed by atoms with E-state index in [0.29, 0.717) is 30.7 Å². The van der Waals surface area contributed by atoms with E-state index >= 15 is 0 Å². The number of oxime groups is 1. The number of carbonyl (C=O) groups is 1. The van der Waals surface area contributed by atoms with Crippen LogP contribution in [0.15, 0.2) is 5.16 Å². The van der Waals surface area contributed by atoms with Crippen molar-refractivity contribution in [2.45, 2.75) is 34.1 Å². The number of hydrogen-bond acceptors (Lipinski definition) is 8. The second-order valence-electron chi connectivity index (χ2n) is 4.02. The van der Waals surface area contributed by atoms with E-state index in [0.717, 1.165) is 6.42 Å². The Morgan fingerprint density at radius 1 is 1.30 bits per heavy atom. The maximum atomic E-state index is 11.5. The largest absolute Gasteiger partial charge is 0.434 e. The standard InChI is InChI=1S/C12H26N3O4PS3/c1-6-9-15(20(21,17-7-2)18-8-3)23-10-13-12(16)19-14-11(4)22-5/h6-10H2,1-5H3,(H,13,16). The fraction of sp³-hybridized carbons (Fsp3) is 0.833. The molecule has 0 radical (unpaired) electrons. The fourth-order valence-corrected chi connectivity index (χ4v) is 5.79. The molecule has 1 N–H and O–H groups in total. The number of carbonyl (C=O) groups excluding carboxylic acids is 1. The van der Waals surface area contributed by atoms with Gasteiger partial charge in [-0.25, -0.2) is 4.79 Å². The molecule has 23 heavy (non-hydrogen) atoms. The molecular formula is C12H26N3O4PS3. The first-order valence-electron chi connectivity index (χ1n) is 7.26. The molecule has 0 aromatic carbocycles. The average Bonchev–Trinajstić information content (AvgIpc) is 2.52. The molecule has 0 bridgehead atoms. The van der Waals surface area contributed by atoms with Gasteiger partial charge in [-0.15, -0.1) is 11.8 Å². The Morgan fingerprint density at radius 3 is 2.39 bits per heavy atom. The minimum Gasteiger partial charge on any atom is -0.318 e. The Balaban J connectivity index is 4.53. The maximum Gasteiger partial charge on any atom is 0.434 e. The molecule has 0 saturated carbocycles. The van der Waals surface area contributed by atoms with Crippen LogP contribution in [0.5, 0.6) is 0 Å². The van der Waals surface area contributed by atoms with Crippen molar-refractivity contribution in [1.82, 2.24) is 9.39 Å². The summed E-state index contributed by atoms with van der Waals surface area (Å²) in [5.41, 5.74) is 0. The zero-order valence-electron chi connectivity index (χ0n) is 14.2. The summed E-state index contributed by atoms with van der Waals surface area (Å²) in [6, 6.07) is 0. The van der Waals surface area contributed by atoms with Gasteiger partial charge in [-0.2, -0.15) is 4.08 Å². The SMILES string of the molecule is CCCN(SCNC(=O)ON=C(C)SC)P(=S)(OCC)OCC. The lowest BCUT2D eigenvalue weighted by Gasteiger charge is -2.31. The van der Waals surface area contributed by atoms with Crippen molar-refractivity contribution in [3.8, 4) is 0 Å². The van der Waals surface area contributed by atoms with E-state index in [4.69, 9.17) is 25.7 Å². The van der Waals surface area contributed by atoms with Gasteiger partial charge in [-0.05, 0) is 57.2 Å². The van der Waals surface area contributed by atoms with Gasteiger partial charge in [-0.3, -0.25) is 4.84 Å². The van der Waals surface area contributed by atoms with Crippen LogP contribution >= 0.6 is 30.4 Å². The van der Waals surface area contributed by atoms with Crippen LogP contribution in [-0.4, -0.2) is 47.1 Å². The molecule has 0 rings (SSSR count). The summed E-state index contributed by atoms with van der Waals surface area (Å²) >= 11 is 8.34. The van der Waals surface area contributed by atoms with E-state index in [1.165, 1.54) is 23.7 Å². The summed E-state index contributed by atoms with van der Waals surface area (Å²) in [6.07, 6.45) is 2.14. The Labute approximate surface area is 152 Å². The van der Waals surface area contributed by atoms with Gasteiger partial charge in [0, 0.05) is 6.54 Å². The van der Waals surface area contributed by atoms with Crippen molar-refractivity contribution in [3.63, 3.8) is 0 Å². The topological polar surface area (TPSA) is 72.4 Å². The van der Waals surface area contributed by atoms with Gasteiger partial charge in [0.05, 0.1) is 19.1 Å². The van der Waals surface area contributed by atoms with Crippen LogP contribution in [0.3, 0.4) is 0 Å². The predicted octanol–water partition coefficient (Wildman–Crippen LogP) is 4.02. The number of hydrogen-bond donors (Lipinski definition) is 1. The van der Waals surface area contributed by atoms with E-state index in [9.17, 15) is 4.79 Å². The molecule has 0 saturated heterocycles. The van der Waals surface area contributed by atoms with Gasteiger partial charge in [0.15, 0.2) is 0 Å². The van der Waals surface area contributed by atoms with Gasteiger partial charge >= 0.3 is 6.09 Å². The van der Waals surface area contributed by atoms with Gasteiger partial charge in [0.2, 0.25) is 0 Å². The predicted molar refractivity (Wildman–Crippen MR) is 103 cm³/mol. The highest BCUT2D eigenvalue weighted by molar-refractivity contribution is 8.15. The second kappa shape index (κ2) is 13.5. The molecule has 0 aliphatic rings. The van der Waals surface area contributed by atoms with E-state index in [1.807, 2.05) is 31.1 Å². The van der Waals surface area contributed by atoms with Gasteiger partial charge in [0.25, 0.3) is 6.64 Å². The number of rotatable bonds is 11. The minimum absolute atomic E-state index is 0.297. The van der Waals surface area contributed by atoms with E-state index in [-0.39, 0.29) is 0 Å². The van der Waals surface area contributed by atoms with Crippen LogP contribution in [0.1, 0.15) is 34.1 Å². The number of nitrogens with one attached hydrogen (secondary N) is 1. The molecule has 0 aliphatic heterocycles. The highest BCUT2D eigenvalue weighted by Crippen LogP contribution is 2.55. The molecule has 1 amide bonds. The van der Waals surface area contributed by atoms with Gasteiger partial charge in [0.1, 0.15) is 5.04 Å². The smallest absolute Gasteiger partial charge is 0.318 e. The zero-order valence-corrected chi connectivity index (χ0v) is 17.6. The molecule has 0 aromatic heterocycles. The zero-order chi connectivity index (χ0) is 17.7. The van der Waals surface area contributed by atoms with Crippen LogP contribution in [0.2, 0.25) is 0 Å². The first-order valence-corrected chi connectivity index (χ1v) is 12.0. The Morgan fingerprint density at radius 2 is 1.91 bits per heavy atom. The van der Waals surface area contributed by atoms with Crippen molar-refractivity contribution in [2.24, 2.45) is 5.16 Å². The maximum absolute atomic E-state index is 11.5. The fourth-order valence-electron chi connectivity index (χ4n) is 1.28. The van der Waals surface area contributed by atoms with E-state index in [1.54, 1.807) is 6.92 Å². The summed E-state index contributed by atoms with van der Waals surface area (Å²) in [7, 11) is 0. The highest BCUT2D eigenvalue weighted by Gasteiger charge is 2.28. The van der Waals surface area contributed by atoms with Crippen LogP contribution in [-0.2, 0) is 25.7 Å². The molecule has 0 spiro atoms. The highest BCUT2D eigenvalue weighted by atomic mass is 32.5. The molecule has 11 heteroatoms. The monoisotopic (exact) mass is 403 g/mol. The Hall–Kier alpha value is 0.170. The van der Waals surface area contributed by atoms with Crippen molar-refractivity contribution < 1.29 is 18.7 Å². The number of amides is 1. The van der Waals surface area contributed by atoms with Crippen LogP contribution in [0, 0.1) is 0 Å². The molecule has 136 valence electrons. The summed E-state index contributed by atoms with van der Waals surface area (Å²) < 4.78 is 13.3. The third-order valence-electron chi connectivity index (χ3n) is 2.26. The second-order valence-corrected chi connectivity index (χ2v) is 9.60. The third-order valence-corrected chi connectivity index (χ3v) is 8.12. The molecule has 0 aromatic rings. The van der Waals surface area contributed by atoms with Crippen molar-refractivity contribution >= 4 is 53.3 Å². The molecule has 0 atom stereocenters. The quantitative estimate of drug-likeness (QED) is 0.105. The number of thioether (sulfide) groups is 1. The lowest BCUT2D eigenvalue weighted by molar-refractivity contribution is 0.153. The normalized spacial score (nSPS) is 12.5. The first kappa shape index (κ1) is 23.2. The van der Waals surface area contributed by atoms with E-state index in [2.05, 4.69) is 10.5 Å². The van der Waals surface area contributed by atoms with Crippen LogP contribution in [0.25, 0.3) is 0 Å². The summed E-state index contributed by atoms with van der Waals surface area (Å²) in [5.74, 6) is 0.297. The molecule has 7 nitrogen and oxygen atoms in total.